The van der Waals surface area contributed by atoms with Crippen LogP contribution in [0.3, 0.4) is 0 Å². The van der Waals surface area contributed by atoms with Gasteiger partial charge >= 0.3 is 11.9 Å². The second-order valence-electron chi connectivity index (χ2n) is 5.86. The standard InChI is InChI=1S/C17H15ClF4N2O3S/c1-3-4-9(8-25)28-13-6-12(11(19)5-10(13)18)24-15(26)7-14(17(20,21)22)23(2)16(24)27/h5-9H,3-4H2,1-2H3. The molecule has 0 aliphatic rings. The van der Waals surface area contributed by atoms with Crippen molar-refractivity contribution < 1.29 is 22.4 Å². The molecule has 1 heterocycles. The second kappa shape index (κ2) is 8.52. The van der Waals surface area contributed by atoms with E-state index in [1.54, 1.807) is 0 Å². The van der Waals surface area contributed by atoms with Crippen LogP contribution in [-0.2, 0) is 18.0 Å². The van der Waals surface area contributed by atoms with Gasteiger partial charge in [0.1, 0.15) is 17.8 Å². The van der Waals surface area contributed by atoms with Gasteiger partial charge in [0.05, 0.1) is 16.0 Å². The van der Waals surface area contributed by atoms with Gasteiger partial charge in [-0.3, -0.25) is 9.36 Å². The zero-order chi connectivity index (χ0) is 21.2. The molecular weight excluding hydrogens is 424 g/mol. The maximum absolute atomic E-state index is 14.4. The summed E-state index contributed by atoms with van der Waals surface area (Å²) < 4.78 is 53.8. The van der Waals surface area contributed by atoms with Crippen LogP contribution in [0.1, 0.15) is 25.5 Å². The van der Waals surface area contributed by atoms with Crippen molar-refractivity contribution in [3.05, 3.63) is 55.6 Å². The summed E-state index contributed by atoms with van der Waals surface area (Å²) in [5.74, 6) is -1.06. The first-order valence-electron chi connectivity index (χ1n) is 8.02. The number of benzene rings is 1. The van der Waals surface area contributed by atoms with Crippen molar-refractivity contribution in [1.29, 1.82) is 0 Å². The number of carbonyl (C=O) groups is 1. The molecule has 0 saturated heterocycles. The number of aldehydes is 1. The molecule has 0 radical (unpaired) electrons. The quantitative estimate of drug-likeness (QED) is 0.391. The number of alkyl halides is 3. The highest BCUT2D eigenvalue weighted by Gasteiger charge is 2.35. The average molecular weight is 439 g/mol. The minimum atomic E-state index is -4.93. The first-order chi connectivity index (χ1) is 13.0. The number of nitrogens with zero attached hydrogens (tertiary/aromatic N) is 2. The van der Waals surface area contributed by atoms with Gasteiger partial charge < -0.3 is 4.79 Å². The van der Waals surface area contributed by atoms with Crippen molar-refractivity contribution >= 4 is 29.6 Å². The summed E-state index contributed by atoms with van der Waals surface area (Å²) >= 11 is 7.00. The lowest BCUT2D eigenvalue weighted by atomic mass is 10.3. The molecule has 2 rings (SSSR count). The molecule has 1 unspecified atom stereocenters. The molecule has 5 nitrogen and oxygen atoms in total. The first-order valence-corrected chi connectivity index (χ1v) is 9.28. The van der Waals surface area contributed by atoms with E-state index >= 15 is 0 Å². The van der Waals surface area contributed by atoms with Crippen LogP contribution in [0.5, 0.6) is 0 Å². The van der Waals surface area contributed by atoms with Crippen LogP contribution in [-0.4, -0.2) is 20.7 Å². The smallest absolute Gasteiger partial charge is 0.302 e. The van der Waals surface area contributed by atoms with E-state index in [1.165, 1.54) is 0 Å². The Morgan fingerprint density at radius 1 is 1.25 bits per heavy atom. The summed E-state index contributed by atoms with van der Waals surface area (Å²) in [6.07, 6.45) is -3.03. The highest BCUT2D eigenvalue weighted by Crippen LogP contribution is 2.34. The summed E-state index contributed by atoms with van der Waals surface area (Å²) in [6.45, 7) is 1.86. The number of thioether (sulfide) groups is 1. The van der Waals surface area contributed by atoms with Crippen molar-refractivity contribution in [3.63, 3.8) is 0 Å². The fraction of sp³-hybridized carbons (Fsp3) is 0.353. The van der Waals surface area contributed by atoms with Crippen molar-refractivity contribution in [2.45, 2.75) is 36.1 Å². The van der Waals surface area contributed by atoms with E-state index in [1.807, 2.05) is 6.92 Å². The zero-order valence-corrected chi connectivity index (χ0v) is 16.3. The SMILES string of the molecule is CCCC(C=O)Sc1cc(-n2c(=O)cc(C(F)(F)F)n(C)c2=O)c(F)cc1Cl. The molecule has 2 aromatic rings. The third-order valence-corrected chi connectivity index (χ3v) is 5.52. The van der Waals surface area contributed by atoms with Crippen molar-refractivity contribution in [1.82, 2.24) is 9.13 Å². The van der Waals surface area contributed by atoms with Crippen LogP contribution in [0.4, 0.5) is 17.6 Å². The number of halogens is 5. The van der Waals surface area contributed by atoms with Gasteiger partial charge in [0.2, 0.25) is 0 Å². The third-order valence-electron chi connectivity index (χ3n) is 3.86. The summed E-state index contributed by atoms with van der Waals surface area (Å²) in [7, 11) is 0.828. The Morgan fingerprint density at radius 2 is 1.89 bits per heavy atom. The molecule has 1 aromatic carbocycles. The largest absolute Gasteiger partial charge is 0.431 e. The molecule has 11 heteroatoms. The molecule has 0 amide bonds. The van der Waals surface area contributed by atoms with Gasteiger partial charge in [-0.2, -0.15) is 13.2 Å². The Labute approximate surface area is 165 Å². The molecule has 0 spiro atoms. The van der Waals surface area contributed by atoms with E-state index in [2.05, 4.69) is 0 Å². The first kappa shape index (κ1) is 22.2. The molecule has 1 atom stereocenters. The Kier molecular flexibility index (Phi) is 6.76. The van der Waals surface area contributed by atoms with Crippen LogP contribution < -0.4 is 11.2 Å². The lowest BCUT2D eigenvalue weighted by Gasteiger charge is -2.16. The number of hydrogen-bond donors (Lipinski definition) is 0. The fourth-order valence-corrected chi connectivity index (χ4v) is 3.87. The van der Waals surface area contributed by atoms with Gasteiger partial charge in [0.25, 0.3) is 5.56 Å². The Bertz CT molecular complexity index is 1020. The van der Waals surface area contributed by atoms with Gasteiger partial charge in [-0.05, 0) is 18.6 Å². The average Bonchev–Trinajstić information content (AvgIpc) is 2.60. The van der Waals surface area contributed by atoms with Gasteiger partial charge in [-0.1, -0.05) is 24.9 Å². The summed E-state index contributed by atoms with van der Waals surface area (Å²) in [5, 5.41) is -0.543. The summed E-state index contributed by atoms with van der Waals surface area (Å²) in [5.41, 5.74) is -4.70. The maximum Gasteiger partial charge on any atom is 0.431 e. The van der Waals surface area contributed by atoms with Crippen molar-refractivity contribution in [2.75, 3.05) is 0 Å². The topological polar surface area (TPSA) is 61.1 Å². The molecule has 28 heavy (non-hydrogen) atoms. The number of aromatic nitrogens is 2. The molecule has 0 aliphatic carbocycles. The van der Waals surface area contributed by atoms with Crippen molar-refractivity contribution in [2.24, 2.45) is 7.05 Å². The fourth-order valence-electron chi connectivity index (χ4n) is 2.50. The minimum absolute atomic E-state index is 0.0500. The Hall–Kier alpha value is -2.07. The highest BCUT2D eigenvalue weighted by molar-refractivity contribution is 8.00. The lowest BCUT2D eigenvalue weighted by Crippen LogP contribution is -2.41. The molecule has 0 bridgehead atoms. The molecule has 0 N–H and O–H groups in total. The third kappa shape index (κ3) is 4.49. The molecule has 1 aromatic heterocycles. The maximum atomic E-state index is 14.4. The number of carbonyl (C=O) groups excluding carboxylic acids is 1. The lowest BCUT2D eigenvalue weighted by molar-refractivity contribution is -0.144. The molecule has 0 aliphatic heterocycles. The predicted molar refractivity (Wildman–Crippen MR) is 97.9 cm³/mol. The normalized spacial score (nSPS) is 12.8. The monoisotopic (exact) mass is 438 g/mol. The number of hydrogen-bond acceptors (Lipinski definition) is 4. The van der Waals surface area contributed by atoms with Gasteiger partial charge in [-0.15, -0.1) is 11.8 Å². The van der Waals surface area contributed by atoms with E-state index in [-0.39, 0.29) is 20.6 Å². The molecule has 0 fully saturated rings. The van der Waals surface area contributed by atoms with Crippen LogP contribution in [0.2, 0.25) is 5.02 Å². The van der Waals surface area contributed by atoms with E-state index < -0.39 is 39.9 Å². The second-order valence-corrected chi connectivity index (χ2v) is 7.55. The van der Waals surface area contributed by atoms with E-state index in [0.29, 0.717) is 23.7 Å². The molecule has 0 saturated carbocycles. The van der Waals surface area contributed by atoms with E-state index in [0.717, 1.165) is 30.9 Å². The van der Waals surface area contributed by atoms with Crippen LogP contribution >= 0.6 is 23.4 Å². The number of rotatable bonds is 6. The minimum Gasteiger partial charge on any atom is -0.302 e. The zero-order valence-electron chi connectivity index (χ0n) is 14.7. The van der Waals surface area contributed by atoms with Gasteiger partial charge in [0, 0.05) is 18.0 Å². The Morgan fingerprint density at radius 3 is 2.43 bits per heavy atom. The van der Waals surface area contributed by atoms with E-state index in [9.17, 15) is 31.9 Å². The predicted octanol–water partition coefficient (Wildman–Crippen LogP) is 3.81. The van der Waals surface area contributed by atoms with Crippen molar-refractivity contribution in [3.8, 4) is 5.69 Å². The van der Waals surface area contributed by atoms with Crippen LogP contribution in [0, 0.1) is 5.82 Å². The van der Waals surface area contributed by atoms with E-state index in [4.69, 9.17) is 11.6 Å². The van der Waals surface area contributed by atoms with Crippen LogP contribution in [0.25, 0.3) is 5.69 Å². The highest BCUT2D eigenvalue weighted by atomic mass is 35.5. The van der Waals surface area contributed by atoms with Gasteiger partial charge in [-0.25, -0.2) is 13.8 Å². The molecular formula is C17H15ClF4N2O3S. The summed E-state index contributed by atoms with van der Waals surface area (Å²) in [6, 6.07) is 2.13. The Balaban J connectivity index is 2.68. The molecule has 152 valence electrons. The van der Waals surface area contributed by atoms with Gasteiger partial charge in [0.15, 0.2) is 0 Å². The van der Waals surface area contributed by atoms with Crippen LogP contribution in [0.15, 0.2) is 32.7 Å². The summed E-state index contributed by atoms with van der Waals surface area (Å²) in [4.78, 5) is 35.9.